The first kappa shape index (κ1) is 21.5. The maximum atomic E-state index is 12.7. The summed E-state index contributed by atoms with van der Waals surface area (Å²) in [5, 5.41) is 0. The molecule has 0 aliphatic rings. The summed E-state index contributed by atoms with van der Waals surface area (Å²) in [5.41, 5.74) is 1.65. The second kappa shape index (κ2) is 8.28. The fourth-order valence-electron chi connectivity index (χ4n) is 2.64. The third-order valence-corrected chi connectivity index (χ3v) is 7.02. The molecule has 0 radical (unpaired) electrons. The molecule has 0 aliphatic heterocycles. The highest BCUT2D eigenvalue weighted by molar-refractivity contribution is 7.93. The van der Waals surface area contributed by atoms with Gasteiger partial charge in [0.2, 0.25) is 5.82 Å². The molecule has 9 nitrogen and oxygen atoms in total. The molecule has 2 aromatic carbocycles. The predicted molar refractivity (Wildman–Crippen MR) is 113 cm³/mol. The third-order valence-electron chi connectivity index (χ3n) is 4.14. The highest BCUT2D eigenvalue weighted by Gasteiger charge is 2.20. The molecular formula is C19H20N4O5S2. The Morgan fingerprint density at radius 1 is 0.833 bits per heavy atom. The Kier molecular flexibility index (Phi) is 5.94. The Hall–Kier alpha value is -3.18. The number of methoxy groups -OCH3 is 1. The minimum absolute atomic E-state index is 0.0268. The zero-order valence-electron chi connectivity index (χ0n) is 16.4. The Bertz CT molecular complexity index is 1270. The Balaban J connectivity index is 1.83. The van der Waals surface area contributed by atoms with E-state index in [4.69, 9.17) is 4.74 Å². The first-order valence-corrected chi connectivity index (χ1v) is 11.7. The van der Waals surface area contributed by atoms with Gasteiger partial charge in [-0.1, -0.05) is 12.1 Å². The number of benzene rings is 2. The van der Waals surface area contributed by atoms with Gasteiger partial charge in [-0.25, -0.2) is 26.8 Å². The summed E-state index contributed by atoms with van der Waals surface area (Å²) in [7, 11) is -6.46. The number of nitrogens with one attached hydrogen (secondary N) is 2. The lowest BCUT2D eigenvalue weighted by Gasteiger charge is -2.12. The molecule has 158 valence electrons. The van der Waals surface area contributed by atoms with Crippen LogP contribution >= 0.6 is 0 Å². The molecule has 3 aromatic rings. The van der Waals surface area contributed by atoms with Gasteiger partial charge >= 0.3 is 0 Å². The van der Waals surface area contributed by atoms with E-state index < -0.39 is 20.0 Å². The van der Waals surface area contributed by atoms with Gasteiger partial charge < -0.3 is 4.74 Å². The minimum atomic E-state index is -3.98. The second-order valence-corrected chi connectivity index (χ2v) is 9.75. The van der Waals surface area contributed by atoms with E-state index in [0.717, 1.165) is 5.56 Å². The van der Waals surface area contributed by atoms with Crippen LogP contribution in [0.4, 0.5) is 11.5 Å². The number of hydrogen-bond acceptors (Lipinski definition) is 7. The van der Waals surface area contributed by atoms with Gasteiger partial charge in [0, 0.05) is 18.1 Å². The fourth-order valence-corrected chi connectivity index (χ4v) is 5.04. The maximum Gasteiger partial charge on any atom is 0.263 e. The van der Waals surface area contributed by atoms with Crippen LogP contribution in [-0.4, -0.2) is 33.9 Å². The highest BCUT2D eigenvalue weighted by Crippen LogP contribution is 2.24. The number of aromatic nitrogens is 2. The van der Waals surface area contributed by atoms with Crippen molar-refractivity contribution in [2.75, 3.05) is 16.6 Å². The number of hydrogen-bond donors (Lipinski definition) is 2. The molecule has 0 aliphatic carbocycles. The molecule has 1 heterocycles. The molecule has 0 saturated heterocycles. The molecule has 2 N–H and O–H groups in total. The summed E-state index contributed by atoms with van der Waals surface area (Å²) in [6.07, 6.45) is 2.69. The van der Waals surface area contributed by atoms with E-state index in [-0.39, 0.29) is 27.2 Å². The lowest BCUT2D eigenvalue weighted by Crippen LogP contribution is -2.16. The van der Waals surface area contributed by atoms with Crippen molar-refractivity contribution in [3.8, 4) is 5.88 Å². The molecule has 1 aromatic heterocycles. The molecule has 0 saturated carbocycles. The molecule has 11 heteroatoms. The summed E-state index contributed by atoms with van der Waals surface area (Å²) in [6, 6.07) is 10.4. The van der Waals surface area contributed by atoms with Gasteiger partial charge in [0.1, 0.15) is 0 Å². The van der Waals surface area contributed by atoms with Crippen molar-refractivity contribution < 1.29 is 21.6 Å². The number of sulfonamides is 2. The van der Waals surface area contributed by atoms with Gasteiger partial charge in [-0.3, -0.25) is 9.44 Å². The Morgan fingerprint density at radius 2 is 1.50 bits per heavy atom. The van der Waals surface area contributed by atoms with Crippen LogP contribution in [0.5, 0.6) is 5.88 Å². The lowest BCUT2D eigenvalue weighted by atomic mass is 10.2. The Labute approximate surface area is 175 Å². The second-order valence-electron chi connectivity index (χ2n) is 6.42. The van der Waals surface area contributed by atoms with E-state index in [1.54, 1.807) is 26.0 Å². The van der Waals surface area contributed by atoms with E-state index in [1.165, 1.54) is 43.8 Å². The van der Waals surface area contributed by atoms with Gasteiger partial charge in [-0.2, -0.15) is 0 Å². The predicted octanol–water partition coefficient (Wildman–Crippen LogP) is 2.70. The van der Waals surface area contributed by atoms with E-state index in [9.17, 15) is 16.8 Å². The standard InChI is InChI=1S/C19H20N4O5S2/c1-13-4-5-14(2)17(12-13)30(26,27)22-15-6-8-16(9-7-15)29(24,25)23-18-19(28-3)21-11-10-20-18/h4-12,22H,1-3H3,(H,20,23). The van der Waals surface area contributed by atoms with E-state index >= 15 is 0 Å². The smallest absolute Gasteiger partial charge is 0.263 e. The van der Waals surface area contributed by atoms with Crippen LogP contribution in [0, 0.1) is 13.8 Å². The van der Waals surface area contributed by atoms with Crippen LogP contribution in [0.25, 0.3) is 0 Å². The molecule has 0 bridgehead atoms. The van der Waals surface area contributed by atoms with Crippen molar-refractivity contribution in [3.05, 3.63) is 66.0 Å². The van der Waals surface area contributed by atoms with Crippen molar-refractivity contribution in [2.45, 2.75) is 23.6 Å². The van der Waals surface area contributed by atoms with Gasteiger partial charge in [-0.05, 0) is 55.3 Å². The van der Waals surface area contributed by atoms with Crippen LogP contribution in [0.15, 0.2) is 64.6 Å². The summed E-state index contributed by atoms with van der Waals surface area (Å²) >= 11 is 0. The van der Waals surface area contributed by atoms with E-state index in [0.29, 0.717) is 5.56 Å². The fraction of sp³-hybridized carbons (Fsp3) is 0.158. The molecule has 0 atom stereocenters. The number of anilines is 2. The van der Waals surface area contributed by atoms with Gasteiger partial charge in [0.05, 0.1) is 16.9 Å². The van der Waals surface area contributed by atoms with Crippen molar-refractivity contribution in [2.24, 2.45) is 0 Å². The zero-order valence-corrected chi connectivity index (χ0v) is 18.1. The third kappa shape index (κ3) is 4.69. The SMILES string of the molecule is COc1nccnc1NS(=O)(=O)c1ccc(NS(=O)(=O)c2cc(C)ccc2C)cc1. The summed E-state index contributed by atoms with van der Waals surface area (Å²) < 4.78 is 60.3. The summed E-state index contributed by atoms with van der Waals surface area (Å²) in [5.74, 6) is -0.0290. The van der Waals surface area contributed by atoms with Crippen molar-refractivity contribution in [1.29, 1.82) is 0 Å². The van der Waals surface area contributed by atoms with Crippen molar-refractivity contribution in [3.63, 3.8) is 0 Å². The normalized spacial score (nSPS) is 11.7. The number of aryl methyl sites for hydroxylation is 2. The van der Waals surface area contributed by atoms with E-state index in [1.807, 2.05) is 6.07 Å². The minimum Gasteiger partial charge on any atom is -0.478 e. The highest BCUT2D eigenvalue weighted by atomic mass is 32.2. The monoisotopic (exact) mass is 448 g/mol. The van der Waals surface area contributed by atoms with Crippen LogP contribution in [0.3, 0.4) is 0 Å². The molecule has 0 spiro atoms. The number of nitrogens with zero attached hydrogens (tertiary/aromatic N) is 2. The molecule has 0 amide bonds. The van der Waals surface area contributed by atoms with Crippen LogP contribution < -0.4 is 14.2 Å². The van der Waals surface area contributed by atoms with Crippen molar-refractivity contribution >= 4 is 31.6 Å². The first-order chi connectivity index (χ1) is 14.1. The quantitative estimate of drug-likeness (QED) is 0.569. The number of ether oxygens (including phenoxy) is 1. The summed E-state index contributed by atoms with van der Waals surface area (Å²) in [4.78, 5) is 7.87. The largest absolute Gasteiger partial charge is 0.478 e. The molecule has 0 fully saturated rings. The molecule has 30 heavy (non-hydrogen) atoms. The topological polar surface area (TPSA) is 127 Å². The van der Waals surface area contributed by atoms with E-state index in [2.05, 4.69) is 19.4 Å². The van der Waals surface area contributed by atoms with Gasteiger partial charge in [-0.15, -0.1) is 0 Å². The van der Waals surface area contributed by atoms with Crippen LogP contribution in [0.2, 0.25) is 0 Å². The van der Waals surface area contributed by atoms with Gasteiger partial charge in [0.15, 0.2) is 0 Å². The lowest BCUT2D eigenvalue weighted by molar-refractivity contribution is 0.398. The molecular weight excluding hydrogens is 428 g/mol. The van der Waals surface area contributed by atoms with Crippen LogP contribution in [0.1, 0.15) is 11.1 Å². The van der Waals surface area contributed by atoms with Gasteiger partial charge in [0.25, 0.3) is 25.9 Å². The Morgan fingerprint density at radius 3 is 2.17 bits per heavy atom. The summed E-state index contributed by atoms with van der Waals surface area (Å²) in [6.45, 7) is 3.51. The zero-order chi connectivity index (χ0) is 21.9. The molecule has 3 rings (SSSR count). The number of rotatable bonds is 7. The average molecular weight is 449 g/mol. The van der Waals surface area contributed by atoms with Crippen LogP contribution in [-0.2, 0) is 20.0 Å². The maximum absolute atomic E-state index is 12.7. The molecule has 0 unspecified atom stereocenters. The first-order valence-electron chi connectivity index (χ1n) is 8.70. The average Bonchev–Trinajstić information content (AvgIpc) is 2.70. The van der Waals surface area contributed by atoms with Crippen molar-refractivity contribution in [1.82, 2.24) is 9.97 Å².